The van der Waals surface area contributed by atoms with E-state index in [-0.39, 0.29) is 33.3 Å². The van der Waals surface area contributed by atoms with Gasteiger partial charge in [-0.3, -0.25) is 4.79 Å². The van der Waals surface area contributed by atoms with Gasteiger partial charge in [-0.2, -0.15) is 15.3 Å². The van der Waals surface area contributed by atoms with Gasteiger partial charge in [0.2, 0.25) is 5.91 Å². The van der Waals surface area contributed by atoms with Crippen LogP contribution in [0.15, 0.2) is 44.7 Å². The maximum atomic E-state index is 11.1. The van der Waals surface area contributed by atoms with E-state index in [1.807, 2.05) is 0 Å². The molecule has 0 unspecified atom stereocenters. The molecule has 26 heavy (non-hydrogen) atoms. The van der Waals surface area contributed by atoms with E-state index in [0.717, 1.165) is 5.56 Å². The minimum atomic E-state index is -0.145. The molecule has 0 aliphatic heterocycles. The van der Waals surface area contributed by atoms with E-state index in [1.54, 1.807) is 45.3 Å². The molecule has 0 bridgehead atoms. The SMILES string of the molecule is CN/C([S-])=N/N=C(C)/C(=N/N=C(\[S-])NC)c1ccc(NC(C)=O)cc1.[Cu+2]. The van der Waals surface area contributed by atoms with Gasteiger partial charge in [0.05, 0.1) is 5.71 Å². The first-order valence-electron chi connectivity index (χ1n) is 7.23. The summed E-state index contributed by atoms with van der Waals surface area (Å²) in [7, 11) is 3.32. The van der Waals surface area contributed by atoms with Crippen molar-refractivity contribution in [2.45, 2.75) is 13.8 Å². The predicted octanol–water partition coefficient (Wildman–Crippen LogP) is 0.967. The van der Waals surface area contributed by atoms with E-state index in [4.69, 9.17) is 25.3 Å². The van der Waals surface area contributed by atoms with Crippen molar-refractivity contribution in [3.8, 4) is 0 Å². The van der Waals surface area contributed by atoms with Crippen LogP contribution in [0.25, 0.3) is 0 Å². The minimum Gasteiger partial charge on any atom is -0.741 e. The van der Waals surface area contributed by atoms with Crippen molar-refractivity contribution in [2.24, 2.45) is 20.4 Å². The number of amidine groups is 2. The van der Waals surface area contributed by atoms with Crippen LogP contribution in [0.1, 0.15) is 19.4 Å². The Kier molecular flexibility index (Phi) is 11.3. The summed E-state index contributed by atoms with van der Waals surface area (Å²) in [5, 5.41) is 24.6. The Morgan fingerprint density at radius 2 is 1.38 bits per heavy atom. The van der Waals surface area contributed by atoms with Crippen LogP contribution >= 0.6 is 0 Å². The van der Waals surface area contributed by atoms with Gasteiger partial charge in [0.25, 0.3) is 0 Å². The van der Waals surface area contributed by atoms with Crippen LogP contribution in [0.5, 0.6) is 0 Å². The smallest absolute Gasteiger partial charge is 0.741 e. The molecule has 1 radical (unpaired) electrons. The Morgan fingerprint density at radius 3 is 1.85 bits per heavy atom. The molecule has 3 N–H and O–H groups in total. The maximum absolute atomic E-state index is 11.1. The molecule has 0 atom stereocenters. The van der Waals surface area contributed by atoms with Crippen LogP contribution in [-0.2, 0) is 47.1 Å². The number of anilines is 1. The molecule has 1 aromatic carbocycles. The first-order valence-corrected chi connectivity index (χ1v) is 8.04. The largest absolute Gasteiger partial charge is 2.00 e. The first kappa shape index (κ1) is 23.9. The van der Waals surface area contributed by atoms with Gasteiger partial charge in [0.15, 0.2) is 0 Å². The third kappa shape index (κ3) is 8.34. The van der Waals surface area contributed by atoms with Gasteiger partial charge in [-0.1, -0.05) is 12.1 Å². The van der Waals surface area contributed by atoms with Crippen LogP contribution < -0.4 is 16.0 Å². The Balaban J connectivity index is 0.00000625. The normalized spacial score (nSPS) is 12.9. The van der Waals surface area contributed by atoms with Gasteiger partial charge in [0.1, 0.15) is 5.71 Å². The molecule has 11 heteroatoms. The predicted molar refractivity (Wildman–Crippen MR) is 108 cm³/mol. The van der Waals surface area contributed by atoms with Crippen LogP contribution in [0.3, 0.4) is 0 Å². The molecule has 1 amide bonds. The second kappa shape index (κ2) is 12.3. The third-order valence-corrected chi connectivity index (χ3v) is 3.35. The number of benzene rings is 1. The average molecular weight is 441 g/mol. The summed E-state index contributed by atoms with van der Waals surface area (Å²) in [6, 6.07) is 7.09. The number of nitrogens with one attached hydrogen (secondary N) is 3. The molecule has 0 heterocycles. The second-order valence-corrected chi connectivity index (χ2v) is 5.48. The summed E-state index contributed by atoms with van der Waals surface area (Å²) < 4.78 is 0. The molecule has 0 aromatic heterocycles. The molecule has 143 valence electrons. The number of nitrogens with zero attached hydrogens (tertiary/aromatic N) is 4. The van der Waals surface area contributed by atoms with Crippen molar-refractivity contribution in [2.75, 3.05) is 19.4 Å². The van der Waals surface area contributed by atoms with Gasteiger partial charge in [-0.25, -0.2) is 0 Å². The van der Waals surface area contributed by atoms with Gasteiger partial charge >= 0.3 is 17.1 Å². The van der Waals surface area contributed by atoms with Crippen molar-refractivity contribution in [1.82, 2.24) is 10.6 Å². The molecule has 8 nitrogen and oxygen atoms in total. The van der Waals surface area contributed by atoms with Gasteiger partial charge in [-0.05, 0) is 29.4 Å². The van der Waals surface area contributed by atoms with E-state index < -0.39 is 0 Å². The molecule has 0 aliphatic carbocycles. The molecule has 0 aliphatic rings. The monoisotopic (exact) mass is 440 g/mol. The summed E-state index contributed by atoms with van der Waals surface area (Å²) >= 11 is 9.92. The zero-order valence-electron chi connectivity index (χ0n) is 14.6. The molecule has 0 fully saturated rings. The van der Waals surface area contributed by atoms with E-state index in [0.29, 0.717) is 17.1 Å². The Labute approximate surface area is 174 Å². The summed E-state index contributed by atoms with van der Waals surface area (Å²) in [5.74, 6) is -0.145. The van der Waals surface area contributed by atoms with Gasteiger partial charge in [0, 0.05) is 32.3 Å². The molecule has 0 saturated heterocycles. The van der Waals surface area contributed by atoms with E-state index in [9.17, 15) is 4.79 Å². The summed E-state index contributed by atoms with van der Waals surface area (Å²) in [5.41, 5.74) is 2.40. The van der Waals surface area contributed by atoms with Crippen LogP contribution in [0, 0.1) is 0 Å². The van der Waals surface area contributed by atoms with Crippen LogP contribution in [0.4, 0.5) is 5.69 Å². The Hall–Kier alpha value is -2.07. The number of hydrogen-bond acceptors (Lipinski definition) is 7. The molecule has 1 rings (SSSR count). The van der Waals surface area contributed by atoms with Crippen molar-refractivity contribution >= 4 is 58.6 Å². The molecule has 1 aromatic rings. The molecular formula is C15H19CuN7OS2. The fourth-order valence-electron chi connectivity index (χ4n) is 1.62. The number of carbonyl (C=O) groups is 1. The Morgan fingerprint density at radius 1 is 0.885 bits per heavy atom. The zero-order chi connectivity index (χ0) is 18.8. The summed E-state index contributed by atoms with van der Waals surface area (Å²) in [6.07, 6.45) is 0. The number of hydrogen-bond donors (Lipinski definition) is 3. The fraction of sp³-hybridized carbons (Fsp3) is 0.267. The van der Waals surface area contributed by atoms with Crippen molar-refractivity contribution in [1.29, 1.82) is 0 Å². The maximum Gasteiger partial charge on any atom is 2.00 e. The quantitative estimate of drug-likeness (QED) is 0.208. The number of amides is 1. The second-order valence-electron chi connectivity index (χ2n) is 4.70. The summed E-state index contributed by atoms with van der Waals surface area (Å²) in [6.45, 7) is 3.18. The number of rotatable bonds is 5. The van der Waals surface area contributed by atoms with Crippen molar-refractivity contribution < 1.29 is 21.9 Å². The average Bonchev–Trinajstić information content (AvgIpc) is 2.60. The number of carbonyl (C=O) groups excluding carboxylic acids is 1. The van der Waals surface area contributed by atoms with Gasteiger partial charge in [-0.15, -0.1) is 5.10 Å². The fourth-order valence-corrected chi connectivity index (χ4v) is 1.70. The van der Waals surface area contributed by atoms with E-state index in [2.05, 4.69) is 36.4 Å². The molecule has 0 saturated carbocycles. The molecular weight excluding hydrogens is 422 g/mol. The molecule has 0 spiro atoms. The van der Waals surface area contributed by atoms with Crippen LogP contribution in [0.2, 0.25) is 0 Å². The van der Waals surface area contributed by atoms with Gasteiger partial charge < -0.3 is 41.2 Å². The first-order chi connectivity index (χ1) is 11.9. The van der Waals surface area contributed by atoms with E-state index in [1.165, 1.54) is 6.92 Å². The standard InChI is InChI=1S/C15H21N7OS2.Cu/c1-9(19-21-14(24)16-3)13(20-22-15(25)17-4)11-5-7-12(8-6-11)18-10(2)23;/h5-8H,1-4H3,(H,18,23)(H2,16,21,24)(H2,17,22,25);/q;+2/p-2/b19-9+,20-13-;. The summed E-state index contributed by atoms with van der Waals surface area (Å²) in [4.78, 5) is 11.1. The van der Waals surface area contributed by atoms with Crippen molar-refractivity contribution in [3.05, 3.63) is 29.8 Å². The zero-order valence-corrected chi connectivity index (χ0v) is 17.2. The minimum absolute atomic E-state index is 0. The van der Waals surface area contributed by atoms with Crippen LogP contribution in [-0.4, -0.2) is 41.8 Å². The van der Waals surface area contributed by atoms with E-state index >= 15 is 0 Å². The third-order valence-electron chi connectivity index (χ3n) is 2.78. The van der Waals surface area contributed by atoms with Crippen molar-refractivity contribution in [3.63, 3.8) is 0 Å². The topological polar surface area (TPSA) is 103 Å². The Bertz CT molecular complexity index is 730.